The highest BCUT2D eigenvalue weighted by molar-refractivity contribution is 7.13. The van der Waals surface area contributed by atoms with Crippen LogP contribution in [-0.2, 0) is 0 Å². The zero-order valence-electron chi connectivity index (χ0n) is 8.78. The molecule has 0 fully saturated rings. The molecule has 2 N–H and O–H groups in total. The number of rotatable bonds is 2. The summed E-state index contributed by atoms with van der Waals surface area (Å²) in [6.45, 7) is 2.10. The van der Waals surface area contributed by atoms with Crippen LogP contribution in [0.5, 0.6) is 5.75 Å². The minimum absolute atomic E-state index is 0.727. The van der Waals surface area contributed by atoms with E-state index in [0.717, 1.165) is 17.0 Å². The van der Waals surface area contributed by atoms with Crippen molar-refractivity contribution in [2.24, 2.45) is 0 Å². The normalized spacial score (nSPS) is 10.3. The lowest BCUT2D eigenvalue weighted by molar-refractivity contribution is 0.417. The second-order valence-corrected chi connectivity index (χ2v) is 4.31. The van der Waals surface area contributed by atoms with Gasteiger partial charge in [-0.25, -0.2) is 0 Å². The fourth-order valence-electron chi connectivity index (χ4n) is 1.54. The van der Waals surface area contributed by atoms with Crippen LogP contribution in [0.15, 0.2) is 29.6 Å². The molecule has 2 rings (SSSR count). The van der Waals surface area contributed by atoms with Crippen molar-refractivity contribution >= 4 is 17.0 Å². The van der Waals surface area contributed by atoms with Gasteiger partial charge in [0.1, 0.15) is 5.75 Å². The zero-order chi connectivity index (χ0) is 10.8. The Morgan fingerprint density at radius 2 is 2.07 bits per heavy atom. The van der Waals surface area contributed by atoms with Crippen molar-refractivity contribution in [3.05, 3.63) is 35.2 Å². The highest BCUT2D eigenvalue weighted by Gasteiger charge is 2.09. The third-order valence-corrected chi connectivity index (χ3v) is 3.38. The van der Waals surface area contributed by atoms with E-state index in [1.807, 2.05) is 18.2 Å². The topological polar surface area (TPSA) is 35.2 Å². The van der Waals surface area contributed by atoms with Crippen molar-refractivity contribution in [1.82, 2.24) is 0 Å². The lowest BCUT2D eigenvalue weighted by Crippen LogP contribution is -1.90. The van der Waals surface area contributed by atoms with Crippen LogP contribution in [0.1, 0.15) is 5.56 Å². The van der Waals surface area contributed by atoms with Crippen LogP contribution in [-0.4, -0.2) is 7.11 Å². The number of nitrogen functional groups attached to an aromatic ring is 1. The largest absolute Gasteiger partial charge is 0.496 e. The highest BCUT2D eigenvalue weighted by Crippen LogP contribution is 2.36. The number of aryl methyl sites for hydroxylation is 1. The van der Waals surface area contributed by atoms with E-state index in [2.05, 4.69) is 18.4 Å². The van der Waals surface area contributed by atoms with Gasteiger partial charge >= 0.3 is 0 Å². The van der Waals surface area contributed by atoms with Gasteiger partial charge in [-0.3, -0.25) is 0 Å². The van der Waals surface area contributed by atoms with Crippen molar-refractivity contribution in [2.75, 3.05) is 12.8 Å². The van der Waals surface area contributed by atoms with Crippen LogP contribution in [0.3, 0.4) is 0 Å². The Hall–Kier alpha value is -1.48. The third-order valence-electron chi connectivity index (χ3n) is 2.33. The van der Waals surface area contributed by atoms with Gasteiger partial charge in [0.2, 0.25) is 0 Å². The molecule has 0 atom stereocenters. The Kier molecular flexibility index (Phi) is 2.64. The molecule has 15 heavy (non-hydrogen) atoms. The molecule has 3 heteroatoms. The number of ether oxygens (including phenoxy) is 1. The summed E-state index contributed by atoms with van der Waals surface area (Å²) in [6, 6.07) is 7.87. The van der Waals surface area contributed by atoms with E-state index in [1.54, 1.807) is 18.4 Å². The molecular weight excluding hydrogens is 206 g/mol. The summed E-state index contributed by atoms with van der Waals surface area (Å²) < 4.78 is 5.33. The Balaban J connectivity index is 2.58. The minimum Gasteiger partial charge on any atom is -0.496 e. The lowest BCUT2D eigenvalue weighted by atomic mass is 10.1. The van der Waals surface area contributed by atoms with Gasteiger partial charge < -0.3 is 10.5 Å². The molecule has 0 saturated carbocycles. The van der Waals surface area contributed by atoms with Gasteiger partial charge in [-0.2, -0.15) is 0 Å². The van der Waals surface area contributed by atoms with Crippen LogP contribution >= 0.6 is 11.3 Å². The molecule has 0 radical (unpaired) electrons. The number of anilines is 1. The molecule has 0 aliphatic rings. The maximum Gasteiger partial charge on any atom is 0.129 e. The van der Waals surface area contributed by atoms with Gasteiger partial charge in [-0.15, -0.1) is 11.3 Å². The summed E-state index contributed by atoms with van der Waals surface area (Å²) in [5, 5.41) is 2.08. The first-order chi connectivity index (χ1) is 7.22. The van der Waals surface area contributed by atoms with Crippen LogP contribution in [0.4, 0.5) is 5.69 Å². The standard InChI is InChI=1S/C12H13NOS/c1-8-5-6-15-12(8)10-4-3-9(13)7-11(10)14-2/h3-7H,13H2,1-2H3. The van der Waals surface area contributed by atoms with Crippen molar-refractivity contribution in [1.29, 1.82) is 0 Å². The number of methoxy groups -OCH3 is 1. The van der Waals surface area contributed by atoms with Crippen LogP contribution in [0, 0.1) is 6.92 Å². The first-order valence-electron chi connectivity index (χ1n) is 4.70. The predicted molar refractivity (Wildman–Crippen MR) is 65.5 cm³/mol. The second kappa shape index (κ2) is 3.95. The quantitative estimate of drug-likeness (QED) is 0.786. The maximum absolute atomic E-state index is 5.72. The van der Waals surface area contributed by atoms with Crippen molar-refractivity contribution in [3.63, 3.8) is 0 Å². The van der Waals surface area contributed by atoms with E-state index in [4.69, 9.17) is 10.5 Å². The van der Waals surface area contributed by atoms with Gasteiger partial charge in [0, 0.05) is 22.2 Å². The minimum atomic E-state index is 0.727. The summed E-state index contributed by atoms with van der Waals surface area (Å²) in [5.41, 5.74) is 8.82. The maximum atomic E-state index is 5.72. The molecule has 1 aromatic carbocycles. The van der Waals surface area contributed by atoms with Crippen molar-refractivity contribution < 1.29 is 4.74 Å². The summed E-state index contributed by atoms with van der Waals surface area (Å²) in [6.07, 6.45) is 0. The summed E-state index contributed by atoms with van der Waals surface area (Å²) >= 11 is 1.72. The lowest BCUT2D eigenvalue weighted by Gasteiger charge is -2.08. The van der Waals surface area contributed by atoms with Crippen molar-refractivity contribution in [2.45, 2.75) is 6.92 Å². The monoisotopic (exact) mass is 219 g/mol. The number of thiophene rings is 1. The molecule has 0 saturated heterocycles. The molecule has 1 heterocycles. The molecule has 0 spiro atoms. The van der Waals surface area contributed by atoms with Crippen LogP contribution < -0.4 is 10.5 Å². The summed E-state index contributed by atoms with van der Waals surface area (Å²) in [7, 11) is 1.67. The van der Waals surface area contributed by atoms with Gasteiger partial charge in [-0.05, 0) is 36.1 Å². The summed E-state index contributed by atoms with van der Waals surface area (Å²) in [5.74, 6) is 0.834. The van der Waals surface area contributed by atoms with Crippen LogP contribution in [0.2, 0.25) is 0 Å². The Morgan fingerprint density at radius 3 is 2.67 bits per heavy atom. The van der Waals surface area contributed by atoms with E-state index in [9.17, 15) is 0 Å². The highest BCUT2D eigenvalue weighted by atomic mass is 32.1. The molecule has 0 unspecified atom stereocenters. The fraction of sp³-hybridized carbons (Fsp3) is 0.167. The number of hydrogen-bond acceptors (Lipinski definition) is 3. The van der Waals surface area contributed by atoms with E-state index in [-0.39, 0.29) is 0 Å². The van der Waals surface area contributed by atoms with Gasteiger partial charge in [-0.1, -0.05) is 0 Å². The average Bonchev–Trinajstić information content (AvgIpc) is 2.64. The molecule has 78 valence electrons. The van der Waals surface area contributed by atoms with Crippen molar-refractivity contribution in [3.8, 4) is 16.2 Å². The van der Waals surface area contributed by atoms with E-state index >= 15 is 0 Å². The van der Waals surface area contributed by atoms with E-state index in [0.29, 0.717) is 0 Å². The number of nitrogens with two attached hydrogens (primary N) is 1. The first kappa shape index (κ1) is 10.1. The number of benzene rings is 1. The Morgan fingerprint density at radius 1 is 1.27 bits per heavy atom. The first-order valence-corrected chi connectivity index (χ1v) is 5.58. The fourth-order valence-corrected chi connectivity index (χ4v) is 2.50. The van der Waals surface area contributed by atoms with Gasteiger partial charge in [0.15, 0.2) is 0 Å². The van der Waals surface area contributed by atoms with E-state index in [1.165, 1.54) is 10.4 Å². The van der Waals surface area contributed by atoms with Gasteiger partial charge in [0.05, 0.1) is 7.11 Å². The zero-order valence-corrected chi connectivity index (χ0v) is 9.60. The van der Waals surface area contributed by atoms with Gasteiger partial charge in [0.25, 0.3) is 0 Å². The molecule has 2 nitrogen and oxygen atoms in total. The average molecular weight is 219 g/mol. The second-order valence-electron chi connectivity index (χ2n) is 3.39. The third kappa shape index (κ3) is 1.83. The molecule has 0 aliphatic carbocycles. The Labute approximate surface area is 93.3 Å². The molecule has 2 aromatic rings. The smallest absolute Gasteiger partial charge is 0.129 e. The summed E-state index contributed by atoms with van der Waals surface area (Å²) in [4.78, 5) is 1.24. The SMILES string of the molecule is COc1cc(N)ccc1-c1sccc1C. The Bertz CT molecular complexity index is 476. The predicted octanol–water partition coefficient (Wildman–Crippen LogP) is 3.31. The van der Waals surface area contributed by atoms with E-state index < -0.39 is 0 Å². The molecule has 1 aromatic heterocycles. The number of hydrogen-bond donors (Lipinski definition) is 1. The molecule has 0 bridgehead atoms. The molecule has 0 aliphatic heterocycles. The molecular formula is C12H13NOS. The van der Waals surface area contributed by atoms with Crippen LogP contribution in [0.25, 0.3) is 10.4 Å². The molecule has 0 amide bonds.